The van der Waals surface area contributed by atoms with Crippen molar-refractivity contribution in [3.8, 4) is 0 Å². The third-order valence-corrected chi connectivity index (χ3v) is 6.79. The van der Waals surface area contributed by atoms with Gasteiger partial charge in [0, 0.05) is 17.8 Å². The minimum atomic E-state index is -0.740. The van der Waals surface area contributed by atoms with Crippen LogP contribution in [-0.4, -0.2) is 71.3 Å². The molecule has 1 fully saturated rings. The Hall–Kier alpha value is -3.39. The lowest BCUT2D eigenvalue weighted by Crippen LogP contribution is -2.32. The molecular formula is C29H39N3O5. The number of ether oxygens (including phenoxy) is 1. The van der Waals surface area contributed by atoms with Gasteiger partial charge in [-0.25, -0.2) is 4.79 Å². The number of amides is 1. The van der Waals surface area contributed by atoms with Crippen molar-refractivity contribution in [1.29, 1.82) is 0 Å². The number of aliphatic hydroxyl groups is 1. The Morgan fingerprint density at radius 1 is 1.14 bits per heavy atom. The fourth-order valence-corrected chi connectivity index (χ4v) is 4.83. The minimum absolute atomic E-state index is 0.0268. The van der Waals surface area contributed by atoms with Crippen LogP contribution in [0.2, 0.25) is 0 Å². The van der Waals surface area contributed by atoms with E-state index >= 15 is 0 Å². The van der Waals surface area contributed by atoms with Crippen LogP contribution in [0.15, 0.2) is 29.8 Å². The highest BCUT2D eigenvalue weighted by Crippen LogP contribution is 2.41. The van der Waals surface area contributed by atoms with Gasteiger partial charge in [0.05, 0.1) is 18.2 Å². The first-order valence-corrected chi connectivity index (χ1v) is 12.7. The van der Waals surface area contributed by atoms with Crippen LogP contribution in [0.4, 0.5) is 0 Å². The van der Waals surface area contributed by atoms with E-state index in [0.717, 1.165) is 17.7 Å². The lowest BCUT2D eigenvalue weighted by Gasteiger charge is -2.27. The maximum Gasteiger partial charge on any atom is 0.355 e. The quantitative estimate of drug-likeness (QED) is 0.235. The molecule has 1 amide bonds. The molecule has 2 N–H and O–H groups in total. The lowest BCUT2D eigenvalue weighted by atomic mass is 9.85. The van der Waals surface area contributed by atoms with Gasteiger partial charge in [0.25, 0.3) is 11.7 Å². The molecule has 3 rings (SSSR count). The molecule has 0 spiro atoms. The molecule has 2 heterocycles. The Morgan fingerprint density at radius 3 is 2.30 bits per heavy atom. The molecule has 1 unspecified atom stereocenters. The van der Waals surface area contributed by atoms with Gasteiger partial charge in [0.15, 0.2) is 0 Å². The number of carbonyl (C=O) groups is 3. The van der Waals surface area contributed by atoms with Crippen LogP contribution in [0.3, 0.4) is 0 Å². The zero-order valence-electron chi connectivity index (χ0n) is 23.2. The Labute approximate surface area is 219 Å². The molecule has 1 aromatic heterocycles. The van der Waals surface area contributed by atoms with Crippen molar-refractivity contribution in [2.75, 3.05) is 33.8 Å². The predicted molar refractivity (Wildman–Crippen MR) is 144 cm³/mol. The van der Waals surface area contributed by atoms with E-state index in [-0.39, 0.29) is 29.0 Å². The van der Waals surface area contributed by atoms with Gasteiger partial charge in [-0.1, -0.05) is 45.0 Å². The number of esters is 1. The molecule has 0 saturated carbocycles. The van der Waals surface area contributed by atoms with Gasteiger partial charge in [0.2, 0.25) is 0 Å². The molecule has 1 saturated heterocycles. The number of carbonyl (C=O) groups excluding carboxylic acids is 3. The van der Waals surface area contributed by atoms with Gasteiger partial charge >= 0.3 is 5.97 Å². The number of aromatic nitrogens is 1. The summed E-state index contributed by atoms with van der Waals surface area (Å²) in [6, 6.07) is 7.10. The van der Waals surface area contributed by atoms with Crippen molar-refractivity contribution in [2.24, 2.45) is 0 Å². The summed E-state index contributed by atoms with van der Waals surface area (Å²) in [5.41, 5.74) is 3.37. The number of hydrogen-bond donors (Lipinski definition) is 2. The second-order valence-electron chi connectivity index (χ2n) is 10.9. The van der Waals surface area contributed by atoms with Crippen molar-refractivity contribution >= 4 is 23.4 Å². The molecule has 0 radical (unpaired) electrons. The van der Waals surface area contributed by atoms with Crippen molar-refractivity contribution in [3.63, 3.8) is 0 Å². The summed E-state index contributed by atoms with van der Waals surface area (Å²) >= 11 is 0. The molecule has 1 aliphatic heterocycles. The van der Waals surface area contributed by atoms with Crippen LogP contribution in [0.5, 0.6) is 0 Å². The maximum absolute atomic E-state index is 13.4. The van der Waals surface area contributed by atoms with E-state index in [1.807, 2.05) is 43.3 Å². The van der Waals surface area contributed by atoms with E-state index in [2.05, 4.69) is 25.8 Å². The number of nitrogens with one attached hydrogen (secondary N) is 1. The van der Waals surface area contributed by atoms with E-state index in [4.69, 9.17) is 4.74 Å². The molecule has 0 aliphatic carbocycles. The Balaban J connectivity index is 2.17. The van der Waals surface area contributed by atoms with E-state index in [9.17, 15) is 19.5 Å². The molecule has 1 aliphatic rings. The first-order chi connectivity index (χ1) is 17.3. The van der Waals surface area contributed by atoms with Crippen molar-refractivity contribution in [1.82, 2.24) is 14.8 Å². The summed E-state index contributed by atoms with van der Waals surface area (Å²) in [7, 11) is 3.91. The van der Waals surface area contributed by atoms with Gasteiger partial charge in [-0.15, -0.1) is 0 Å². The third kappa shape index (κ3) is 5.64. The monoisotopic (exact) mass is 509 g/mol. The first kappa shape index (κ1) is 28.2. The largest absolute Gasteiger partial charge is 0.507 e. The third-order valence-electron chi connectivity index (χ3n) is 6.79. The summed E-state index contributed by atoms with van der Waals surface area (Å²) in [5.74, 6) is -2.20. The van der Waals surface area contributed by atoms with Crippen molar-refractivity contribution in [3.05, 3.63) is 63.5 Å². The van der Waals surface area contributed by atoms with Gasteiger partial charge in [-0.3, -0.25) is 9.59 Å². The van der Waals surface area contributed by atoms with Crippen molar-refractivity contribution in [2.45, 2.75) is 59.4 Å². The second kappa shape index (κ2) is 10.9. The van der Waals surface area contributed by atoms with Gasteiger partial charge in [-0.2, -0.15) is 0 Å². The summed E-state index contributed by atoms with van der Waals surface area (Å²) in [5, 5.41) is 11.5. The normalized spacial score (nSPS) is 17.6. The van der Waals surface area contributed by atoms with Crippen LogP contribution in [0, 0.1) is 13.8 Å². The van der Waals surface area contributed by atoms with Crippen LogP contribution >= 0.6 is 0 Å². The molecular weight excluding hydrogens is 470 g/mol. The molecule has 2 aromatic rings. The Bertz CT molecular complexity index is 1220. The number of H-pyrrole nitrogens is 1. The molecule has 0 bridgehead atoms. The molecule has 8 nitrogen and oxygen atoms in total. The predicted octanol–water partition coefficient (Wildman–Crippen LogP) is 4.48. The second-order valence-corrected chi connectivity index (χ2v) is 10.9. The molecule has 37 heavy (non-hydrogen) atoms. The van der Waals surface area contributed by atoms with Crippen LogP contribution in [0.25, 0.3) is 5.76 Å². The van der Waals surface area contributed by atoms with Crippen molar-refractivity contribution < 1.29 is 24.2 Å². The zero-order chi connectivity index (χ0) is 27.7. The number of aliphatic hydroxyl groups excluding tert-OH is 1. The standard InChI is InChI=1S/C29H39N3O5/c1-9-37-28(36)23-17(2)21(18(3)30-23)25(33)22-24(19-11-13-20(14-12-19)29(4,5)6)32(27(35)26(22)34)16-10-15-31(7)8/h11-14,24,30,33H,9-10,15-16H2,1-8H3. The number of benzene rings is 1. The smallest absolute Gasteiger partial charge is 0.355 e. The number of ketones is 1. The maximum atomic E-state index is 13.4. The van der Waals surface area contributed by atoms with E-state index in [1.165, 1.54) is 0 Å². The first-order valence-electron chi connectivity index (χ1n) is 12.7. The number of aromatic amines is 1. The molecule has 200 valence electrons. The Morgan fingerprint density at radius 2 is 1.76 bits per heavy atom. The van der Waals surface area contributed by atoms with Gasteiger partial charge in [-0.05, 0) is 69.9 Å². The fraction of sp³-hybridized carbons (Fsp3) is 0.483. The molecule has 8 heteroatoms. The number of rotatable bonds is 8. The average Bonchev–Trinajstić information content (AvgIpc) is 3.25. The fourth-order valence-electron chi connectivity index (χ4n) is 4.83. The molecule has 1 aromatic carbocycles. The SMILES string of the molecule is CCOC(=O)c1[nH]c(C)c(C(O)=C2C(=O)C(=O)N(CCCN(C)C)C2c2ccc(C(C)(C)C)cc2)c1C. The topological polar surface area (TPSA) is 103 Å². The van der Waals surface area contributed by atoms with Gasteiger partial charge < -0.3 is 24.6 Å². The highest BCUT2D eigenvalue weighted by atomic mass is 16.5. The van der Waals surface area contributed by atoms with E-state index < -0.39 is 23.7 Å². The van der Waals surface area contributed by atoms with Crippen LogP contribution in [0.1, 0.15) is 78.6 Å². The summed E-state index contributed by atoms with van der Waals surface area (Å²) < 4.78 is 5.13. The highest BCUT2D eigenvalue weighted by Gasteiger charge is 2.46. The van der Waals surface area contributed by atoms with Crippen LogP contribution < -0.4 is 0 Å². The van der Waals surface area contributed by atoms with E-state index in [1.54, 1.807) is 25.7 Å². The minimum Gasteiger partial charge on any atom is -0.507 e. The number of Topliss-reactive ketones (excluding diaryl/α,β-unsaturated/α-hetero) is 1. The Kier molecular flexibility index (Phi) is 8.32. The number of nitrogens with zero attached hydrogens (tertiary/aromatic N) is 2. The van der Waals surface area contributed by atoms with Gasteiger partial charge in [0.1, 0.15) is 11.5 Å². The molecule has 1 atom stereocenters. The lowest BCUT2D eigenvalue weighted by molar-refractivity contribution is -0.139. The number of likely N-dealkylation sites (tertiary alicyclic amines) is 1. The summed E-state index contributed by atoms with van der Waals surface area (Å²) in [6.07, 6.45) is 0.672. The van der Waals surface area contributed by atoms with E-state index in [0.29, 0.717) is 29.8 Å². The average molecular weight is 510 g/mol. The number of aryl methyl sites for hydroxylation is 1. The number of hydrogen-bond acceptors (Lipinski definition) is 6. The summed E-state index contributed by atoms with van der Waals surface area (Å²) in [4.78, 5) is 45.6. The zero-order valence-corrected chi connectivity index (χ0v) is 23.2. The summed E-state index contributed by atoms with van der Waals surface area (Å²) in [6.45, 7) is 12.8. The van der Waals surface area contributed by atoms with Crippen LogP contribution in [-0.2, 0) is 19.7 Å². The highest BCUT2D eigenvalue weighted by molar-refractivity contribution is 6.46.